The van der Waals surface area contributed by atoms with Gasteiger partial charge in [-0.2, -0.15) is 0 Å². The molecule has 132 valence electrons. The van der Waals surface area contributed by atoms with Gasteiger partial charge in [0.05, 0.1) is 6.61 Å². The first-order valence-corrected chi connectivity index (χ1v) is 9.45. The quantitative estimate of drug-likeness (QED) is 0.840. The minimum absolute atomic E-state index is 0.0493. The fourth-order valence-electron chi connectivity index (χ4n) is 3.65. The molecule has 6 heteroatoms. The zero-order chi connectivity index (χ0) is 17.2. The van der Waals surface area contributed by atoms with Gasteiger partial charge in [-0.15, -0.1) is 11.3 Å². The summed E-state index contributed by atoms with van der Waals surface area (Å²) in [6.45, 7) is 4.81. The summed E-state index contributed by atoms with van der Waals surface area (Å²) >= 11 is 1.55. The summed E-state index contributed by atoms with van der Waals surface area (Å²) < 4.78 is 0. The van der Waals surface area contributed by atoms with Crippen LogP contribution in [-0.4, -0.2) is 78.1 Å². The lowest BCUT2D eigenvalue weighted by molar-refractivity contribution is -0.132. The Morgan fingerprint density at radius 3 is 2.71 bits per heavy atom. The van der Waals surface area contributed by atoms with Crippen LogP contribution >= 0.6 is 11.3 Å². The number of likely N-dealkylation sites (tertiary alicyclic amines) is 1. The highest BCUT2D eigenvalue weighted by Crippen LogP contribution is 2.31. The van der Waals surface area contributed by atoms with Gasteiger partial charge in [0.2, 0.25) is 5.91 Å². The fourth-order valence-corrected chi connectivity index (χ4v) is 4.45. The third kappa shape index (κ3) is 3.72. The van der Waals surface area contributed by atoms with Gasteiger partial charge in [-0.25, -0.2) is 0 Å². The maximum absolute atomic E-state index is 12.6. The molecule has 1 aromatic rings. The Morgan fingerprint density at radius 2 is 2.04 bits per heavy atom. The highest BCUT2D eigenvalue weighted by atomic mass is 32.1. The van der Waals surface area contributed by atoms with Crippen molar-refractivity contribution >= 4 is 23.3 Å². The van der Waals surface area contributed by atoms with Gasteiger partial charge in [0.25, 0.3) is 0 Å². The van der Waals surface area contributed by atoms with Crippen LogP contribution in [0.3, 0.4) is 0 Å². The van der Waals surface area contributed by atoms with Gasteiger partial charge in [0, 0.05) is 36.1 Å². The van der Waals surface area contributed by atoms with Crippen LogP contribution in [0.15, 0.2) is 17.5 Å². The molecule has 1 spiro atoms. The monoisotopic (exact) mass is 349 g/mol. The largest absolute Gasteiger partial charge is 0.392 e. The topological polar surface area (TPSA) is 47.0 Å². The van der Waals surface area contributed by atoms with Gasteiger partial charge >= 0.3 is 0 Å². The van der Waals surface area contributed by atoms with E-state index >= 15 is 0 Å². The number of piperazine rings is 1. The molecule has 2 saturated heterocycles. The number of rotatable bonds is 3. The van der Waals surface area contributed by atoms with Gasteiger partial charge in [-0.05, 0) is 63.1 Å². The Labute approximate surface area is 148 Å². The molecule has 0 atom stereocenters. The Kier molecular flexibility index (Phi) is 5.39. The summed E-state index contributed by atoms with van der Waals surface area (Å²) in [6, 6.07) is 1.93. The number of hydrogen-bond acceptors (Lipinski definition) is 5. The van der Waals surface area contributed by atoms with Gasteiger partial charge in [0.1, 0.15) is 0 Å². The maximum Gasteiger partial charge on any atom is 0.246 e. The van der Waals surface area contributed by atoms with Gasteiger partial charge in [-0.1, -0.05) is 0 Å². The van der Waals surface area contributed by atoms with Crippen molar-refractivity contribution in [3.63, 3.8) is 0 Å². The molecule has 0 aliphatic carbocycles. The van der Waals surface area contributed by atoms with E-state index in [1.807, 2.05) is 22.4 Å². The number of amides is 1. The van der Waals surface area contributed by atoms with Crippen molar-refractivity contribution in [2.45, 2.75) is 25.0 Å². The second-order valence-electron chi connectivity index (χ2n) is 7.06. The molecule has 1 amide bonds. The Hall–Kier alpha value is -1.21. The molecule has 1 aromatic heterocycles. The smallest absolute Gasteiger partial charge is 0.246 e. The number of piperidine rings is 1. The molecular weight excluding hydrogens is 322 g/mol. The highest BCUT2D eigenvalue weighted by Gasteiger charge is 2.42. The molecule has 2 aliphatic heterocycles. The standard InChI is InChI=1S/C18H27N3O2S/c1-19-7-5-18(6-8-19)14-21(10-9-20(18)2)17(23)4-3-16-11-15(12-22)13-24-16/h3-4,11,13,22H,5-10,12,14H2,1-2H3. The van der Waals surface area contributed by atoms with Crippen molar-refractivity contribution in [2.24, 2.45) is 0 Å². The number of carbonyl (C=O) groups is 1. The first-order valence-electron chi connectivity index (χ1n) is 8.57. The second-order valence-corrected chi connectivity index (χ2v) is 8.00. The molecule has 2 aliphatic rings. The average molecular weight is 350 g/mol. The molecule has 0 radical (unpaired) electrons. The molecule has 3 heterocycles. The van der Waals surface area contributed by atoms with E-state index in [1.54, 1.807) is 17.4 Å². The van der Waals surface area contributed by atoms with E-state index in [2.05, 4.69) is 23.9 Å². The van der Waals surface area contributed by atoms with Crippen LogP contribution in [0.4, 0.5) is 0 Å². The SMILES string of the molecule is CN1CCC2(CC1)CN(C(=O)C=Cc1cc(CO)cs1)CCN2C. The van der Waals surface area contributed by atoms with E-state index < -0.39 is 0 Å². The normalized spacial score (nSPS) is 22.5. The van der Waals surface area contributed by atoms with E-state index in [4.69, 9.17) is 5.11 Å². The number of hydrogen-bond donors (Lipinski definition) is 1. The fraction of sp³-hybridized carbons (Fsp3) is 0.611. The second kappa shape index (κ2) is 7.35. The predicted octanol–water partition coefficient (Wildman–Crippen LogP) is 1.49. The first-order chi connectivity index (χ1) is 11.5. The molecule has 24 heavy (non-hydrogen) atoms. The molecule has 0 unspecified atom stereocenters. The van der Waals surface area contributed by atoms with E-state index in [1.165, 1.54) is 0 Å². The maximum atomic E-state index is 12.6. The summed E-state index contributed by atoms with van der Waals surface area (Å²) in [4.78, 5) is 20.5. The average Bonchev–Trinajstić information content (AvgIpc) is 3.06. The summed E-state index contributed by atoms with van der Waals surface area (Å²) in [7, 11) is 4.37. The van der Waals surface area contributed by atoms with Crippen LogP contribution in [0.25, 0.3) is 6.08 Å². The lowest BCUT2D eigenvalue weighted by Gasteiger charge is -2.52. The minimum Gasteiger partial charge on any atom is -0.392 e. The minimum atomic E-state index is 0.0493. The Morgan fingerprint density at radius 1 is 1.29 bits per heavy atom. The molecular formula is C18H27N3O2S. The van der Waals surface area contributed by atoms with Crippen LogP contribution < -0.4 is 0 Å². The van der Waals surface area contributed by atoms with Crippen LogP contribution in [-0.2, 0) is 11.4 Å². The van der Waals surface area contributed by atoms with Gasteiger partial charge < -0.3 is 14.9 Å². The highest BCUT2D eigenvalue weighted by molar-refractivity contribution is 7.11. The number of aliphatic hydroxyl groups is 1. The molecule has 0 aromatic carbocycles. The molecule has 3 rings (SSSR count). The van der Waals surface area contributed by atoms with Gasteiger partial charge in [0.15, 0.2) is 0 Å². The first kappa shape index (κ1) is 17.6. The van der Waals surface area contributed by atoms with Crippen molar-refractivity contribution in [2.75, 3.05) is 46.8 Å². The van der Waals surface area contributed by atoms with Crippen molar-refractivity contribution in [3.8, 4) is 0 Å². The number of nitrogens with zero attached hydrogens (tertiary/aromatic N) is 3. The van der Waals surface area contributed by atoms with Crippen molar-refractivity contribution < 1.29 is 9.90 Å². The Balaban J connectivity index is 1.64. The van der Waals surface area contributed by atoms with Crippen molar-refractivity contribution in [1.82, 2.24) is 14.7 Å². The molecule has 5 nitrogen and oxygen atoms in total. The van der Waals surface area contributed by atoms with E-state index in [-0.39, 0.29) is 18.1 Å². The predicted molar refractivity (Wildman–Crippen MR) is 97.9 cm³/mol. The Bertz CT molecular complexity index is 605. The number of likely N-dealkylation sites (N-methyl/N-ethyl adjacent to an activating group) is 1. The van der Waals surface area contributed by atoms with Crippen molar-refractivity contribution in [1.29, 1.82) is 0 Å². The van der Waals surface area contributed by atoms with Crippen LogP contribution in [0, 0.1) is 0 Å². The lowest BCUT2D eigenvalue weighted by atomic mass is 9.84. The number of thiophene rings is 1. The summed E-state index contributed by atoms with van der Waals surface area (Å²) in [5.74, 6) is 0.0975. The van der Waals surface area contributed by atoms with E-state index in [0.717, 1.165) is 56.0 Å². The summed E-state index contributed by atoms with van der Waals surface area (Å²) in [6.07, 6.45) is 5.79. The molecule has 2 fully saturated rings. The molecule has 0 saturated carbocycles. The van der Waals surface area contributed by atoms with Gasteiger partial charge in [-0.3, -0.25) is 9.69 Å². The van der Waals surface area contributed by atoms with Crippen LogP contribution in [0.5, 0.6) is 0 Å². The number of carbonyl (C=O) groups excluding carboxylic acids is 1. The van der Waals surface area contributed by atoms with Crippen LogP contribution in [0.2, 0.25) is 0 Å². The molecule has 0 bridgehead atoms. The summed E-state index contributed by atoms with van der Waals surface area (Å²) in [5, 5.41) is 11.0. The zero-order valence-electron chi connectivity index (χ0n) is 14.6. The third-order valence-electron chi connectivity index (χ3n) is 5.48. The third-order valence-corrected chi connectivity index (χ3v) is 6.42. The summed E-state index contributed by atoms with van der Waals surface area (Å²) in [5.41, 5.74) is 1.04. The number of aliphatic hydroxyl groups excluding tert-OH is 1. The zero-order valence-corrected chi connectivity index (χ0v) is 15.4. The van der Waals surface area contributed by atoms with Crippen molar-refractivity contribution in [3.05, 3.63) is 28.0 Å². The lowest BCUT2D eigenvalue weighted by Crippen LogP contribution is -2.64. The molecule has 1 N–H and O–H groups in total. The van der Waals surface area contributed by atoms with Crippen LogP contribution in [0.1, 0.15) is 23.3 Å². The van der Waals surface area contributed by atoms with E-state index in [9.17, 15) is 4.79 Å². The van der Waals surface area contributed by atoms with E-state index in [0.29, 0.717) is 0 Å².